The van der Waals surface area contributed by atoms with E-state index in [1.807, 2.05) is 25.1 Å². The number of nitrogens with one attached hydrogen (secondary N) is 1. The van der Waals surface area contributed by atoms with Gasteiger partial charge in [-0.25, -0.2) is 4.79 Å². The Kier molecular flexibility index (Phi) is 3.57. The zero-order chi connectivity index (χ0) is 13.0. The lowest BCUT2D eigenvalue weighted by atomic mass is 10.0. The van der Waals surface area contributed by atoms with Crippen molar-refractivity contribution in [2.75, 3.05) is 11.9 Å². The molecule has 4 nitrogen and oxygen atoms in total. The lowest BCUT2D eigenvalue weighted by Gasteiger charge is -2.13. The molecule has 0 bridgehead atoms. The Balaban J connectivity index is 2.60. The number of carboxylic acid groups (broad SMARTS) is 1. The molecule has 1 heterocycles. The summed E-state index contributed by atoms with van der Waals surface area (Å²) in [6.07, 6.45) is 3.42. The van der Waals surface area contributed by atoms with E-state index in [1.165, 1.54) is 0 Å². The minimum Gasteiger partial charge on any atom is -0.478 e. The van der Waals surface area contributed by atoms with E-state index >= 15 is 0 Å². The van der Waals surface area contributed by atoms with E-state index in [4.69, 9.17) is 0 Å². The number of hydrogen-bond acceptors (Lipinski definition) is 3. The average Bonchev–Trinajstić information content (AvgIpc) is 2.40. The first kappa shape index (κ1) is 12.1. The van der Waals surface area contributed by atoms with Crippen LogP contribution in [0.15, 0.2) is 42.7 Å². The molecule has 18 heavy (non-hydrogen) atoms. The fourth-order valence-electron chi connectivity index (χ4n) is 1.86. The summed E-state index contributed by atoms with van der Waals surface area (Å²) in [5.41, 5.74) is 2.67. The molecule has 2 N–H and O–H groups in total. The van der Waals surface area contributed by atoms with Crippen molar-refractivity contribution < 1.29 is 9.90 Å². The molecular weight excluding hydrogens is 228 g/mol. The number of carboxylic acids is 1. The minimum atomic E-state index is -0.934. The Bertz CT molecular complexity index is 553. The monoisotopic (exact) mass is 242 g/mol. The van der Waals surface area contributed by atoms with Gasteiger partial charge in [0.1, 0.15) is 0 Å². The van der Waals surface area contributed by atoms with E-state index < -0.39 is 5.97 Å². The molecule has 92 valence electrons. The topological polar surface area (TPSA) is 62.2 Å². The number of pyridine rings is 1. The Morgan fingerprint density at radius 2 is 2.17 bits per heavy atom. The van der Waals surface area contributed by atoms with Crippen molar-refractivity contribution in [2.45, 2.75) is 6.92 Å². The number of rotatable bonds is 4. The normalized spacial score (nSPS) is 10.1. The van der Waals surface area contributed by atoms with Gasteiger partial charge in [0, 0.05) is 30.1 Å². The van der Waals surface area contributed by atoms with Crippen molar-refractivity contribution in [3.8, 4) is 11.1 Å². The third-order valence-corrected chi connectivity index (χ3v) is 2.62. The molecule has 4 heteroatoms. The molecule has 0 atom stereocenters. The van der Waals surface area contributed by atoms with Crippen LogP contribution in [-0.2, 0) is 0 Å². The summed E-state index contributed by atoms with van der Waals surface area (Å²) in [7, 11) is 0. The van der Waals surface area contributed by atoms with Gasteiger partial charge in [-0.1, -0.05) is 18.2 Å². The Labute approximate surface area is 105 Å². The minimum absolute atomic E-state index is 0.276. The summed E-state index contributed by atoms with van der Waals surface area (Å²) >= 11 is 0. The SMILES string of the molecule is CCNc1c(C(=O)O)cccc1-c1cccnc1. The van der Waals surface area contributed by atoms with Gasteiger partial charge >= 0.3 is 5.97 Å². The van der Waals surface area contributed by atoms with Crippen LogP contribution in [-0.4, -0.2) is 22.6 Å². The van der Waals surface area contributed by atoms with Crippen LogP contribution in [0.3, 0.4) is 0 Å². The zero-order valence-electron chi connectivity index (χ0n) is 10.1. The molecule has 0 aliphatic rings. The second kappa shape index (κ2) is 5.31. The lowest BCUT2D eigenvalue weighted by Crippen LogP contribution is -2.07. The van der Waals surface area contributed by atoms with Gasteiger partial charge in [-0.15, -0.1) is 0 Å². The predicted molar refractivity (Wildman–Crippen MR) is 70.8 cm³/mol. The van der Waals surface area contributed by atoms with Crippen LogP contribution in [0.25, 0.3) is 11.1 Å². The van der Waals surface area contributed by atoms with Crippen LogP contribution in [0, 0.1) is 0 Å². The van der Waals surface area contributed by atoms with Gasteiger partial charge < -0.3 is 10.4 Å². The smallest absolute Gasteiger partial charge is 0.337 e. The van der Waals surface area contributed by atoms with Crippen molar-refractivity contribution in [2.24, 2.45) is 0 Å². The van der Waals surface area contributed by atoms with Crippen LogP contribution < -0.4 is 5.32 Å². The molecule has 0 saturated carbocycles. The Hall–Kier alpha value is -2.36. The fraction of sp³-hybridized carbons (Fsp3) is 0.143. The summed E-state index contributed by atoms with van der Waals surface area (Å²) < 4.78 is 0. The highest BCUT2D eigenvalue weighted by molar-refractivity contribution is 5.99. The third kappa shape index (κ3) is 2.32. The highest BCUT2D eigenvalue weighted by atomic mass is 16.4. The van der Waals surface area contributed by atoms with E-state index in [2.05, 4.69) is 10.3 Å². The number of anilines is 1. The largest absolute Gasteiger partial charge is 0.478 e. The van der Waals surface area contributed by atoms with Crippen LogP contribution in [0.1, 0.15) is 17.3 Å². The third-order valence-electron chi connectivity index (χ3n) is 2.62. The quantitative estimate of drug-likeness (QED) is 0.865. The van der Waals surface area contributed by atoms with Crippen molar-refractivity contribution in [3.63, 3.8) is 0 Å². The first-order chi connectivity index (χ1) is 8.74. The standard InChI is InChI=1S/C14H14N2O2/c1-2-16-13-11(10-5-4-8-15-9-10)6-3-7-12(13)14(17)18/h3-9,16H,2H2,1H3,(H,17,18). The van der Waals surface area contributed by atoms with Gasteiger partial charge in [-0.2, -0.15) is 0 Å². The molecule has 0 spiro atoms. The van der Waals surface area contributed by atoms with Gasteiger partial charge in [0.2, 0.25) is 0 Å². The van der Waals surface area contributed by atoms with Gasteiger partial charge in [0.05, 0.1) is 11.3 Å². The van der Waals surface area contributed by atoms with E-state index in [9.17, 15) is 9.90 Å². The van der Waals surface area contributed by atoms with Gasteiger partial charge in [0.15, 0.2) is 0 Å². The van der Waals surface area contributed by atoms with Crippen LogP contribution in [0.4, 0.5) is 5.69 Å². The Morgan fingerprint density at radius 3 is 2.78 bits per heavy atom. The zero-order valence-corrected chi connectivity index (χ0v) is 10.1. The molecule has 0 aliphatic heterocycles. The molecule has 1 aromatic heterocycles. The number of hydrogen-bond donors (Lipinski definition) is 2. The maximum Gasteiger partial charge on any atom is 0.337 e. The summed E-state index contributed by atoms with van der Waals surface area (Å²) in [5, 5.41) is 12.3. The number of nitrogens with zero attached hydrogens (tertiary/aromatic N) is 1. The number of carbonyl (C=O) groups is 1. The summed E-state index contributed by atoms with van der Waals surface area (Å²) in [6, 6.07) is 8.97. The number of aromatic carboxylic acids is 1. The van der Waals surface area contributed by atoms with E-state index in [1.54, 1.807) is 24.5 Å². The second-order valence-electron chi connectivity index (χ2n) is 3.81. The van der Waals surface area contributed by atoms with E-state index in [-0.39, 0.29) is 5.56 Å². The second-order valence-corrected chi connectivity index (χ2v) is 3.81. The number of aromatic nitrogens is 1. The summed E-state index contributed by atoms with van der Waals surface area (Å²) in [5.74, 6) is -0.934. The lowest BCUT2D eigenvalue weighted by molar-refractivity contribution is 0.0698. The highest BCUT2D eigenvalue weighted by Crippen LogP contribution is 2.30. The number of para-hydroxylation sites is 1. The van der Waals surface area contributed by atoms with Crippen LogP contribution in [0.5, 0.6) is 0 Å². The molecule has 1 aromatic carbocycles. The first-order valence-electron chi connectivity index (χ1n) is 5.74. The molecule has 0 unspecified atom stereocenters. The van der Waals surface area contributed by atoms with Crippen molar-refractivity contribution in [1.29, 1.82) is 0 Å². The van der Waals surface area contributed by atoms with Gasteiger partial charge in [0.25, 0.3) is 0 Å². The van der Waals surface area contributed by atoms with Crippen LogP contribution >= 0.6 is 0 Å². The number of benzene rings is 1. The van der Waals surface area contributed by atoms with E-state index in [0.717, 1.165) is 11.1 Å². The van der Waals surface area contributed by atoms with E-state index in [0.29, 0.717) is 12.2 Å². The molecule has 0 radical (unpaired) electrons. The highest BCUT2D eigenvalue weighted by Gasteiger charge is 2.14. The van der Waals surface area contributed by atoms with Crippen molar-refractivity contribution >= 4 is 11.7 Å². The first-order valence-corrected chi connectivity index (χ1v) is 5.74. The molecular formula is C14H14N2O2. The molecule has 0 fully saturated rings. The summed E-state index contributed by atoms with van der Waals surface area (Å²) in [4.78, 5) is 15.3. The average molecular weight is 242 g/mol. The van der Waals surface area contributed by atoms with Crippen LogP contribution in [0.2, 0.25) is 0 Å². The molecule has 2 rings (SSSR count). The predicted octanol–water partition coefficient (Wildman–Crippen LogP) is 2.88. The molecule has 0 aliphatic carbocycles. The van der Waals surface area contributed by atoms with Crippen molar-refractivity contribution in [3.05, 3.63) is 48.3 Å². The van der Waals surface area contributed by atoms with Gasteiger partial charge in [-0.3, -0.25) is 4.98 Å². The molecule has 0 amide bonds. The Morgan fingerprint density at radius 1 is 1.33 bits per heavy atom. The van der Waals surface area contributed by atoms with Crippen molar-refractivity contribution in [1.82, 2.24) is 4.98 Å². The van der Waals surface area contributed by atoms with Gasteiger partial charge in [-0.05, 0) is 19.1 Å². The molecule has 0 saturated heterocycles. The maximum absolute atomic E-state index is 11.2. The fourth-order valence-corrected chi connectivity index (χ4v) is 1.86. The maximum atomic E-state index is 11.2. The molecule has 2 aromatic rings. The summed E-state index contributed by atoms with van der Waals surface area (Å²) in [6.45, 7) is 2.60.